The van der Waals surface area contributed by atoms with Gasteiger partial charge in [0, 0.05) is 57.6 Å². The Hall–Kier alpha value is 0.310. The summed E-state index contributed by atoms with van der Waals surface area (Å²) < 4.78 is 2.14. The number of benzene rings is 1. The van der Waals surface area contributed by atoms with E-state index in [0.717, 1.165) is 12.1 Å². The number of hydrogen-bond acceptors (Lipinski definition) is 2. The number of carbonyl (C=O) groups excluding carboxylic acids is 1. The number of carbonyl (C=O) groups is 1. The molecule has 1 aromatic rings. The van der Waals surface area contributed by atoms with Crippen LogP contribution in [0, 0.1) is 0 Å². The Labute approximate surface area is 105 Å². The molecule has 0 aliphatic carbocycles. The first kappa shape index (κ1) is 11.4. The summed E-state index contributed by atoms with van der Waals surface area (Å²) >= 11 is 4.03. The summed E-state index contributed by atoms with van der Waals surface area (Å²) in [5.41, 5.74) is 1.94. The monoisotopic (exact) mass is 401 g/mol. The van der Waals surface area contributed by atoms with Gasteiger partial charge in [-0.1, -0.05) is 18.2 Å². The zero-order valence-electron chi connectivity index (χ0n) is 7.13. The van der Waals surface area contributed by atoms with Gasteiger partial charge >= 0.3 is 0 Å². The largest absolute Gasteiger partial charge is 0.282 e. The van der Waals surface area contributed by atoms with Crippen molar-refractivity contribution >= 4 is 49.2 Å². The van der Waals surface area contributed by atoms with E-state index in [1.807, 2.05) is 31.3 Å². The van der Waals surface area contributed by atoms with Crippen molar-refractivity contribution in [1.82, 2.24) is 3.11 Å². The van der Waals surface area contributed by atoms with Crippen LogP contribution in [-0.2, 0) is 6.54 Å². The van der Waals surface area contributed by atoms with E-state index in [1.165, 1.54) is 5.56 Å². The SMILES string of the molecule is CN(I)Cc1cccc(C(=O)I)c1. The molecule has 13 heavy (non-hydrogen) atoms. The average Bonchev–Trinajstić information content (AvgIpc) is 2.03. The number of rotatable bonds is 3. The first-order chi connectivity index (χ1) is 6.09. The molecule has 0 heterocycles. The molecule has 0 aliphatic rings. The van der Waals surface area contributed by atoms with Crippen LogP contribution in [0.5, 0.6) is 0 Å². The van der Waals surface area contributed by atoms with Crippen molar-refractivity contribution in [3.8, 4) is 0 Å². The van der Waals surface area contributed by atoms with Gasteiger partial charge < -0.3 is 0 Å². The fourth-order valence-electron chi connectivity index (χ4n) is 1.04. The molecule has 0 spiro atoms. The molecule has 2 nitrogen and oxygen atoms in total. The van der Waals surface area contributed by atoms with Crippen molar-refractivity contribution in [3.63, 3.8) is 0 Å². The Kier molecular flexibility index (Phi) is 4.60. The molecule has 0 radical (unpaired) electrons. The standard InChI is InChI=1S/C9H9I2NO/c1-12(11)6-7-3-2-4-8(5-7)9(10)13/h2-5H,6H2,1H3. The second kappa shape index (κ2) is 5.26. The van der Waals surface area contributed by atoms with Crippen LogP contribution in [0.15, 0.2) is 24.3 Å². The molecule has 4 heteroatoms. The molecule has 0 aliphatic heterocycles. The van der Waals surface area contributed by atoms with Crippen molar-refractivity contribution in [2.45, 2.75) is 6.54 Å². The van der Waals surface area contributed by atoms with Crippen LogP contribution < -0.4 is 0 Å². The van der Waals surface area contributed by atoms with Crippen LogP contribution in [-0.4, -0.2) is 14.0 Å². The molecular formula is C9H9I2NO. The summed E-state index contributed by atoms with van der Waals surface area (Å²) in [7, 11) is 2.00. The van der Waals surface area contributed by atoms with Gasteiger partial charge in [-0.2, -0.15) is 0 Å². The fraction of sp³-hybridized carbons (Fsp3) is 0.222. The van der Waals surface area contributed by atoms with Crippen LogP contribution in [0.4, 0.5) is 0 Å². The number of hydrogen-bond donors (Lipinski definition) is 0. The Morgan fingerprint density at radius 2 is 2.23 bits per heavy atom. The Morgan fingerprint density at radius 3 is 2.77 bits per heavy atom. The van der Waals surface area contributed by atoms with E-state index in [2.05, 4.69) is 26.0 Å². The van der Waals surface area contributed by atoms with Crippen LogP contribution in [0.25, 0.3) is 0 Å². The molecular weight excluding hydrogens is 392 g/mol. The predicted octanol–water partition coefficient (Wildman–Crippen LogP) is 3.04. The summed E-state index contributed by atoms with van der Waals surface area (Å²) in [6.45, 7) is 0.859. The first-order valence-corrected chi connectivity index (χ1v) is 5.79. The van der Waals surface area contributed by atoms with Gasteiger partial charge in [-0.05, 0) is 18.7 Å². The van der Waals surface area contributed by atoms with Gasteiger partial charge in [0.2, 0.25) is 3.79 Å². The van der Waals surface area contributed by atoms with E-state index in [1.54, 1.807) is 22.6 Å². The lowest BCUT2D eigenvalue weighted by atomic mass is 10.1. The third kappa shape index (κ3) is 3.90. The van der Waals surface area contributed by atoms with Crippen molar-refractivity contribution in [2.24, 2.45) is 0 Å². The Bertz CT molecular complexity index is 312. The van der Waals surface area contributed by atoms with Gasteiger partial charge in [-0.25, -0.2) is 3.11 Å². The lowest BCUT2D eigenvalue weighted by molar-refractivity contribution is 0.110. The van der Waals surface area contributed by atoms with Gasteiger partial charge in [0.05, 0.1) is 0 Å². The molecule has 0 unspecified atom stereocenters. The van der Waals surface area contributed by atoms with Gasteiger partial charge in [0.15, 0.2) is 0 Å². The van der Waals surface area contributed by atoms with Crippen LogP contribution >= 0.6 is 45.5 Å². The summed E-state index contributed by atoms with van der Waals surface area (Å²) in [5, 5.41) is 0. The smallest absolute Gasteiger partial charge is 0.222 e. The topological polar surface area (TPSA) is 20.3 Å². The van der Waals surface area contributed by atoms with Gasteiger partial charge in [0.25, 0.3) is 0 Å². The maximum atomic E-state index is 11.1. The minimum absolute atomic E-state index is 0.0931. The quantitative estimate of drug-likeness (QED) is 0.441. The van der Waals surface area contributed by atoms with Gasteiger partial charge in [-0.3, -0.25) is 4.79 Å². The second-order valence-electron chi connectivity index (χ2n) is 2.74. The lowest BCUT2D eigenvalue weighted by Crippen LogP contribution is -2.03. The maximum absolute atomic E-state index is 11.1. The zero-order valence-corrected chi connectivity index (χ0v) is 11.4. The third-order valence-corrected chi connectivity index (χ3v) is 2.52. The average molecular weight is 401 g/mol. The first-order valence-electron chi connectivity index (χ1n) is 3.75. The van der Waals surface area contributed by atoms with Gasteiger partial charge in [-0.15, -0.1) is 0 Å². The minimum Gasteiger partial charge on any atom is -0.282 e. The minimum atomic E-state index is 0.0931. The van der Waals surface area contributed by atoms with Crippen molar-refractivity contribution in [3.05, 3.63) is 35.4 Å². The van der Waals surface area contributed by atoms with Gasteiger partial charge in [0.1, 0.15) is 0 Å². The second-order valence-corrected chi connectivity index (χ2v) is 5.36. The van der Waals surface area contributed by atoms with E-state index in [0.29, 0.717) is 0 Å². The van der Waals surface area contributed by atoms with E-state index in [9.17, 15) is 4.79 Å². The van der Waals surface area contributed by atoms with E-state index < -0.39 is 0 Å². The number of nitrogens with zero attached hydrogens (tertiary/aromatic N) is 1. The molecule has 0 saturated carbocycles. The third-order valence-electron chi connectivity index (χ3n) is 1.55. The van der Waals surface area contributed by atoms with Crippen molar-refractivity contribution in [2.75, 3.05) is 7.05 Å². The summed E-state index contributed by atoms with van der Waals surface area (Å²) in [6, 6.07) is 7.72. The molecule has 70 valence electrons. The zero-order chi connectivity index (χ0) is 9.84. The summed E-state index contributed by atoms with van der Waals surface area (Å²) in [6.07, 6.45) is 0. The molecule has 0 amide bonds. The fourth-order valence-corrected chi connectivity index (χ4v) is 1.77. The predicted molar refractivity (Wildman–Crippen MR) is 70.3 cm³/mol. The highest BCUT2D eigenvalue weighted by molar-refractivity contribution is 14.1. The van der Waals surface area contributed by atoms with E-state index in [-0.39, 0.29) is 3.79 Å². The highest BCUT2D eigenvalue weighted by Gasteiger charge is 2.02. The normalized spacial score (nSPS) is 10.5. The molecule has 1 rings (SSSR count). The Morgan fingerprint density at radius 1 is 1.54 bits per heavy atom. The Balaban J connectivity index is 2.85. The van der Waals surface area contributed by atoms with Crippen LogP contribution in [0.3, 0.4) is 0 Å². The summed E-state index contributed by atoms with van der Waals surface area (Å²) in [5.74, 6) is 0. The van der Waals surface area contributed by atoms with Crippen molar-refractivity contribution in [1.29, 1.82) is 0 Å². The number of halogens is 2. The summed E-state index contributed by atoms with van der Waals surface area (Å²) in [4.78, 5) is 11.1. The molecule has 0 atom stereocenters. The molecule has 0 N–H and O–H groups in total. The molecule has 0 bridgehead atoms. The highest BCUT2D eigenvalue weighted by Crippen LogP contribution is 2.12. The maximum Gasteiger partial charge on any atom is 0.222 e. The molecule has 0 fully saturated rings. The van der Waals surface area contributed by atoms with Crippen molar-refractivity contribution < 1.29 is 4.79 Å². The molecule has 1 aromatic carbocycles. The van der Waals surface area contributed by atoms with E-state index in [4.69, 9.17) is 0 Å². The molecule has 0 saturated heterocycles. The van der Waals surface area contributed by atoms with Crippen LogP contribution in [0.1, 0.15) is 15.9 Å². The highest BCUT2D eigenvalue weighted by atomic mass is 127. The van der Waals surface area contributed by atoms with Crippen LogP contribution in [0.2, 0.25) is 0 Å². The molecule has 0 aromatic heterocycles. The lowest BCUT2D eigenvalue weighted by Gasteiger charge is -2.07. The van der Waals surface area contributed by atoms with E-state index >= 15 is 0 Å².